The minimum Gasteiger partial charge on any atom is -0.407 e. The second-order valence-electron chi connectivity index (χ2n) is 2.21. The molecule has 1 N–H and O–H groups in total. The number of amides is 1. The van der Waals surface area contributed by atoms with Gasteiger partial charge in [0.1, 0.15) is 5.82 Å². The quantitative estimate of drug-likeness (QED) is 0.744. The van der Waals surface area contributed by atoms with Crippen LogP contribution in [0.4, 0.5) is 13.6 Å². The summed E-state index contributed by atoms with van der Waals surface area (Å²) < 4.78 is 50.2. The normalized spacial score (nSPS) is 13.8. The first-order chi connectivity index (χ1) is 7.69. The molecule has 0 radical (unpaired) electrons. The van der Waals surface area contributed by atoms with Gasteiger partial charge in [-0.15, -0.1) is 0 Å². The Kier molecular flexibility index (Phi) is 2.12. The van der Waals surface area contributed by atoms with E-state index in [9.17, 15) is 13.6 Å². The lowest BCUT2D eigenvalue weighted by molar-refractivity contribution is 0.200. The van der Waals surface area contributed by atoms with Crippen molar-refractivity contribution in [2.75, 3.05) is 6.98 Å². The summed E-state index contributed by atoms with van der Waals surface area (Å²) in [4.78, 5) is 11.0. The largest absolute Gasteiger partial charge is 0.412 e. The second-order valence-corrected chi connectivity index (χ2v) is 2.62. The molecule has 6 heteroatoms. The van der Waals surface area contributed by atoms with E-state index in [2.05, 4.69) is 4.74 Å². The fourth-order valence-corrected chi connectivity index (χ4v) is 0.862. The molecule has 76 valence electrons. The third kappa shape index (κ3) is 2.32. The number of rotatable bonds is 1. The van der Waals surface area contributed by atoms with Crippen molar-refractivity contribution in [2.24, 2.45) is 0 Å². The molecule has 0 aliphatic heterocycles. The number of benzene rings is 1. The van der Waals surface area contributed by atoms with Gasteiger partial charge in [-0.3, -0.25) is 0 Å². The lowest BCUT2D eigenvalue weighted by Crippen LogP contribution is -2.22. The maximum atomic E-state index is 13.1. The molecule has 3 nitrogen and oxygen atoms in total. The Bertz CT molecular complexity index is 453. The Morgan fingerprint density at radius 3 is 2.93 bits per heavy atom. The van der Waals surface area contributed by atoms with Gasteiger partial charge in [0, 0.05) is 23.2 Å². The van der Waals surface area contributed by atoms with Gasteiger partial charge in [-0.1, -0.05) is 11.6 Å². The molecule has 0 spiro atoms. The SMILES string of the molecule is [2H]C([2H])([2H])NC(=O)Oc1cc(Cl)c(F)cc1F. The molecule has 1 rings (SSSR count). The van der Waals surface area contributed by atoms with Crippen molar-refractivity contribution < 1.29 is 22.4 Å². The summed E-state index contributed by atoms with van der Waals surface area (Å²) in [7, 11) is 0. The van der Waals surface area contributed by atoms with E-state index in [4.69, 9.17) is 15.7 Å². The number of hydrogen-bond donors (Lipinski definition) is 1. The lowest BCUT2D eigenvalue weighted by atomic mass is 10.3. The van der Waals surface area contributed by atoms with Crippen molar-refractivity contribution in [2.45, 2.75) is 0 Å². The van der Waals surface area contributed by atoms with Crippen LogP contribution in [0.5, 0.6) is 5.75 Å². The highest BCUT2D eigenvalue weighted by Gasteiger charge is 2.12. The standard InChI is InChI=1S/C8H6ClF2NO2/c1-12-8(13)14-7-2-4(9)5(10)3-6(7)11/h2-3H,1H3,(H,12,13)/i1D3. The molecule has 1 aromatic carbocycles. The number of halogens is 3. The van der Waals surface area contributed by atoms with E-state index >= 15 is 0 Å². The van der Waals surface area contributed by atoms with Gasteiger partial charge in [-0.25, -0.2) is 13.6 Å². The van der Waals surface area contributed by atoms with Gasteiger partial charge < -0.3 is 10.1 Å². The van der Waals surface area contributed by atoms with Crippen molar-refractivity contribution in [3.8, 4) is 5.75 Å². The van der Waals surface area contributed by atoms with Crippen LogP contribution in [0.2, 0.25) is 5.02 Å². The summed E-state index contributed by atoms with van der Waals surface area (Å²) in [6.07, 6.45) is -1.40. The van der Waals surface area contributed by atoms with Gasteiger partial charge in [-0.2, -0.15) is 0 Å². The first kappa shape index (κ1) is 7.00. The number of ether oxygens (including phenoxy) is 1. The highest BCUT2D eigenvalue weighted by molar-refractivity contribution is 6.30. The van der Waals surface area contributed by atoms with Gasteiger partial charge in [-0.05, 0) is 0 Å². The van der Waals surface area contributed by atoms with Crippen LogP contribution in [0.15, 0.2) is 12.1 Å². The van der Waals surface area contributed by atoms with E-state index in [0.717, 1.165) is 6.07 Å². The lowest BCUT2D eigenvalue weighted by Gasteiger charge is -2.05. The fourth-order valence-electron chi connectivity index (χ4n) is 0.708. The van der Waals surface area contributed by atoms with Gasteiger partial charge in [0.05, 0.1) is 5.02 Å². The van der Waals surface area contributed by atoms with E-state index in [-0.39, 0.29) is 0 Å². The first-order valence-electron chi connectivity index (χ1n) is 4.83. The topological polar surface area (TPSA) is 38.3 Å². The summed E-state index contributed by atoms with van der Waals surface area (Å²) in [6.45, 7) is -2.77. The number of hydrogen-bond acceptors (Lipinski definition) is 2. The Morgan fingerprint density at radius 2 is 2.29 bits per heavy atom. The molecule has 1 amide bonds. The van der Waals surface area contributed by atoms with E-state index in [1.807, 2.05) is 0 Å². The molecule has 0 bridgehead atoms. The Hall–Kier alpha value is -1.36. The summed E-state index contributed by atoms with van der Waals surface area (Å²) in [5.74, 6) is -2.86. The molecule has 0 saturated carbocycles. The molecule has 0 saturated heterocycles. The van der Waals surface area contributed by atoms with Crippen LogP contribution in [-0.2, 0) is 0 Å². The van der Waals surface area contributed by atoms with Crippen LogP contribution >= 0.6 is 11.6 Å². The van der Waals surface area contributed by atoms with E-state index in [0.29, 0.717) is 6.07 Å². The number of carbonyl (C=O) groups excluding carboxylic acids is 1. The van der Waals surface area contributed by atoms with Crippen LogP contribution < -0.4 is 10.1 Å². The average Bonchev–Trinajstić information content (AvgIpc) is 2.11. The highest BCUT2D eigenvalue weighted by atomic mass is 35.5. The van der Waals surface area contributed by atoms with Crippen LogP contribution in [0.1, 0.15) is 4.11 Å². The van der Waals surface area contributed by atoms with Crippen LogP contribution in [-0.4, -0.2) is 13.1 Å². The molecular formula is C8H6ClF2NO2. The maximum Gasteiger partial charge on any atom is 0.412 e. The molecule has 1 aromatic rings. The number of nitrogens with one attached hydrogen (secondary N) is 1. The number of carbonyl (C=O) groups is 1. The van der Waals surface area contributed by atoms with Crippen LogP contribution in [0.3, 0.4) is 0 Å². The minimum atomic E-state index is -2.77. The molecule has 14 heavy (non-hydrogen) atoms. The maximum absolute atomic E-state index is 13.1. The highest BCUT2D eigenvalue weighted by Crippen LogP contribution is 2.24. The molecule has 0 aromatic heterocycles. The first-order valence-corrected chi connectivity index (χ1v) is 3.71. The molecule has 0 atom stereocenters. The minimum absolute atomic E-state index is 0.417. The fraction of sp³-hybridized carbons (Fsp3) is 0.125. The van der Waals surface area contributed by atoms with E-state index in [1.54, 1.807) is 0 Å². The zero-order chi connectivity index (χ0) is 13.2. The summed E-state index contributed by atoms with van der Waals surface area (Å²) in [6, 6.07) is 1.14. The Morgan fingerprint density at radius 1 is 1.57 bits per heavy atom. The summed E-state index contributed by atoms with van der Waals surface area (Å²) >= 11 is 5.34. The molecule has 0 unspecified atom stereocenters. The van der Waals surface area contributed by atoms with Crippen LogP contribution in [0.25, 0.3) is 0 Å². The van der Waals surface area contributed by atoms with Crippen molar-refractivity contribution in [1.82, 2.24) is 5.32 Å². The zero-order valence-electron chi connectivity index (χ0n) is 9.61. The summed E-state index contributed by atoms with van der Waals surface area (Å²) in [5.41, 5.74) is 0. The molecule has 0 heterocycles. The van der Waals surface area contributed by atoms with Crippen molar-refractivity contribution in [3.05, 3.63) is 28.8 Å². The molecule has 0 aliphatic carbocycles. The molecule has 0 fully saturated rings. The van der Waals surface area contributed by atoms with Gasteiger partial charge >= 0.3 is 6.09 Å². The van der Waals surface area contributed by atoms with Crippen LogP contribution in [0, 0.1) is 11.6 Å². The van der Waals surface area contributed by atoms with Gasteiger partial charge in [0.15, 0.2) is 11.6 Å². The predicted octanol–water partition coefficient (Wildman–Crippen LogP) is 2.34. The van der Waals surface area contributed by atoms with Gasteiger partial charge in [0.2, 0.25) is 0 Å². The van der Waals surface area contributed by atoms with Crippen molar-refractivity contribution >= 4 is 17.7 Å². The predicted molar refractivity (Wildman–Crippen MR) is 46.5 cm³/mol. The zero-order valence-corrected chi connectivity index (χ0v) is 7.36. The van der Waals surface area contributed by atoms with Crippen molar-refractivity contribution in [3.63, 3.8) is 0 Å². The Balaban J connectivity index is 2.82. The third-order valence-corrected chi connectivity index (χ3v) is 1.57. The average molecular weight is 225 g/mol. The summed E-state index contributed by atoms with van der Waals surface area (Å²) in [5, 5.41) is 1.01. The van der Waals surface area contributed by atoms with E-state index < -0.39 is 35.5 Å². The Labute approximate surface area is 87.8 Å². The third-order valence-electron chi connectivity index (χ3n) is 1.28. The molecular weight excluding hydrogens is 216 g/mol. The van der Waals surface area contributed by atoms with E-state index in [1.165, 1.54) is 5.32 Å². The molecule has 0 aliphatic rings. The second kappa shape index (κ2) is 4.23. The smallest absolute Gasteiger partial charge is 0.407 e. The van der Waals surface area contributed by atoms with Crippen molar-refractivity contribution in [1.29, 1.82) is 0 Å². The van der Waals surface area contributed by atoms with Gasteiger partial charge in [0.25, 0.3) is 0 Å². The monoisotopic (exact) mass is 224 g/mol.